The molecule has 0 aromatic heterocycles. The summed E-state index contributed by atoms with van der Waals surface area (Å²) < 4.78 is 0. The Morgan fingerprint density at radius 1 is 0.255 bits per heavy atom. The van der Waals surface area contributed by atoms with E-state index >= 15 is 0 Å². The zero-order valence-electron chi connectivity index (χ0n) is 34.3. The molecule has 0 heterocycles. The first-order chi connectivity index (χ1) is 26.1. The van der Waals surface area contributed by atoms with Crippen LogP contribution in [-0.4, -0.2) is 24.2 Å². The second-order valence-corrected chi connectivity index (χ2v) is 33.0. The lowest BCUT2D eigenvalue weighted by molar-refractivity contribution is 1.28. The Bertz CT molecular complexity index is 1980. The summed E-state index contributed by atoms with van der Waals surface area (Å²) in [5.41, 5.74) is 10.6. The zero-order valence-corrected chi connectivity index (χ0v) is 37.3. The molecular weight excluding hydrogens is 711 g/mol. The van der Waals surface area contributed by atoms with Crippen molar-refractivity contribution in [1.82, 2.24) is 0 Å². The van der Waals surface area contributed by atoms with Crippen molar-refractivity contribution >= 4 is 93.3 Å². The van der Waals surface area contributed by atoms with Gasteiger partial charge in [0.05, 0.1) is 24.2 Å². The predicted molar refractivity (Wildman–Crippen MR) is 256 cm³/mol. The Kier molecular flexibility index (Phi) is 12.1. The van der Waals surface area contributed by atoms with Gasteiger partial charge in [-0.3, -0.25) is 0 Å². The standard InChI is InChI=1S/C51H57NSi3/c1-53(2,3)49-34-22-43(23-35-49)13-10-40-16-28-46(29-17-40)52(47-30-18-41(19-31-47)11-14-44-24-36-50(37-25-44)54(4,5)6)48-32-20-42(21-33-48)12-15-45-26-38-51(39-27-45)55(7,8)9/h10-39H,1-9H3. The van der Waals surface area contributed by atoms with Crippen LogP contribution in [0.25, 0.3) is 36.5 Å². The van der Waals surface area contributed by atoms with Gasteiger partial charge in [-0.25, -0.2) is 0 Å². The van der Waals surface area contributed by atoms with Crippen LogP contribution in [0.5, 0.6) is 0 Å². The second-order valence-electron chi connectivity index (χ2n) is 17.7. The largest absolute Gasteiger partial charge is 0.311 e. The quantitative estimate of drug-likeness (QED) is 0.0885. The highest BCUT2D eigenvalue weighted by atomic mass is 28.3. The minimum Gasteiger partial charge on any atom is -0.311 e. The molecule has 0 N–H and O–H groups in total. The number of rotatable bonds is 12. The molecule has 55 heavy (non-hydrogen) atoms. The molecule has 0 amide bonds. The van der Waals surface area contributed by atoms with Crippen molar-refractivity contribution < 1.29 is 0 Å². The van der Waals surface area contributed by atoms with Crippen LogP contribution in [0, 0.1) is 0 Å². The van der Waals surface area contributed by atoms with Crippen molar-refractivity contribution in [2.75, 3.05) is 4.90 Å². The predicted octanol–water partition coefficient (Wildman–Crippen LogP) is 13.3. The summed E-state index contributed by atoms with van der Waals surface area (Å²) in [6, 6.07) is 53.9. The fourth-order valence-electron chi connectivity index (χ4n) is 6.51. The highest BCUT2D eigenvalue weighted by Crippen LogP contribution is 2.35. The van der Waals surface area contributed by atoms with Crippen LogP contribution in [0.1, 0.15) is 33.4 Å². The van der Waals surface area contributed by atoms with Gasteiger partial charge in [0.15, 0.2) is 0 Å². The summed E-state index contributed by atoms with van der Waals surface area (Å²) >= 11 is 0. The summed E-state index contributed by atoms with van der Waals surface area (Å²) in [5, 5.41) is 4.46. The normalized spacial score (nSPS) is 12.6. The maximum atomic E-state index is 2.39. The van der Waals surface area contributed by atoms with Crippen molar-refractivity contribution in [1.29, 1.82) is 0 Å². The van der Waals surface area contributed by atoms with Gasteiger partial charge >= 0.3 is 0 Å². The lowest BCUT2D eigenvalue weighted by atomic mass is 10.1. The fraction of sp³-hybridized carbons (Fsp3) is 0.176. The van der Waals surface area contributed by atoms with E-state index < -0.39 is 24.2 Å². The molecule has 0 saturated heterocycles. The van der Waals surface area contributed by atoms with Crippen LogP contribution in [-0.2, 0) is 0 Å². The maximum absolute atomic E-state index is 2.39. The third-order valence-electron chi connectivity index (χ3n) is 10.2. The van der Waals surface area contributed by atoms with Gasteiger partial charge in [-0.15, -0.1) is 0 Å². The van der Waals surface area contributed by atoms with Crippen molar-refractivity contribution in [2.24, 2.45) is 0 Å². The molecule has 6 aromatic carbocycles. The van der Waals surface area contributed by atoms with Crippen molar-refractivity contribution in [3.63, 3.8) is 0 Å². The van der Waals surface area contributed by atoms with Crippen LogP contribution in [0.15, 0.2) is 146 Å². The maximum Gasteiger partial charge on any atom is 0.0775 e. The van der Waals surface area contributed by atoms with Gasteiger partial charge in [-0.2, -0.15) is 0 Å². The Hall–Kier alpha value is -5.01. The number of nitrogens with zero attached hydrogens (tertiary/aromatic N) is 1. The lowest BCUT2D eigenvalue weighted by Gasteiger charge is -2.26. The molecule has 6 aromatic rings. The lowest BCUT2D eigenvalue weighted by Crippen LogP contribution is -2.37. The van der Waals surface area contributed by atoms with E-state index in [-0.39, 0.29) is 0 Å². The van der Waals surface area contributed by atoms with Gasteiger partial charge in [0, 0.05) is 17.1 Å². The third kappa shape index (κ3) is 10.8. The third-order valence-corrected chi connectivity index (χ3v) is 16.4. The summed E-state index contributed by atoms with van der Waals surface area (Å²) in [6.45, 7) is 21.5. The van der Waals surface area contributed by atoms with Crippen LogP contribution < -0.4 is 20.5 Å². The molecule has 0 atom stereocenters. The van der Waals surface area contributed by atoms with Gasteiger partial charge in [0.1, 0.15) is 0 Å². The molecule has 0 spiro atoms. The molecule has 4 heteroatoms. The first-order valence-electron chi connectivity index (χ1n) is 19.6. The minimum atomic E-state index is -1.31. The van der Waals surface area contributed by atoms with E-state index in [1.807, 2.05) is 0 Å². The van der Waals surface area contributed by atoms with Crippen molar-refractivity contribution in [2.45, 2.75) is 58.9 Å². The molecule has 0 aliphatic heterocycles. The molecule has 0 radical (unpaired) electrons. The van der Waals surface area contributed by atoms with Crippen LogP contribution in [0.4, 0.5) is 17.1 Å². The van der Waals surface area contributed by atoms with Crippen molar-refractivity contribution in [3.05, 3.63) is 179 Å². The molecule has 1 nitrogen and oxygen atoms in total. The summed E-state index contributed by atoms with van der Waals surface area (Å²) in [6.07, 6.45) is 13.2. The molecule has 0 unspecified atom stereocenters. The molecule has 0 aliphatic rings. The minimum absolute atomic E-state index is 1.12. The van der Waals surface area contributed by atoms with Crippen LogP contribution >= 0.6 is 0 Å². The highest BCUT2D eigenvalue weighted by Gasteiger charge is 2.17. The first-order valence-corrected chi connectivity index (χ1v) is 30.1. The monoisotopic (exact) mass is 767 g/mol. The van der Waals surface area contributed by atoms with Gasteiger partial charge in [0.25, 0.3) is 0 Å². The number of anilines is 3. The van der Waals surface area contributed by atoms with Gasteiger partial charge in [-0.05, 0) is 69.8 Å². The molecular formula is C51H57NSi3. The highest BCUT2D eigenvalue weighted by molar-refractivity contribution is 6.89. The Balaban J connectivity index is 1.24. The van der Waals surface area contributed by atoms with E-state index in [0.717, 1.165) is 17.1 Å². The van der Waals surface area contributed by atoms with Gasteiger partial charge in [-0.1, -0.05) is 220 Å². The average Bonchev–Trinajstić information content (AvgIpc) is 3.16. The molecule has 0 fully saturated rings. The van der Waals surface area contributed by atoms with E-state index in [9.17, 15) is 0 Å². The van der Waals surface area contributed by atoms with Gasteiger partial charge < -0.3 is 4.90 Å². The summed E-state index contributed by atoms with van der Waals surface area (Å²) in [4.78, 5) is 2.34. The number of benzene rings is 6. The van der Waals surface area contributed by atoms with E-state index in [0.29, 0.717) is 0 Å². The Labute approximate surface area is 334 Å². The molecule has 0 saturated carbocycles. The first kappa shape index (κ1) is 39.7. The Morgan fingerprint density at radius 2 is 0.418 bits per heavy atom. The van der Waals surface area contributed by atoms with E-state index in [4.69, 9.17) is 0 Å². The summed E-state index contributed by atoms with van der Waals surface area (Å²) in [5.74, 6) is 0. The van der Waals surface area contributed by atoms with Crippen LogP contribution in [0.2, 0.25) is 58.9 Å². The van der Waals surface area contributed by atoms with E-state index in [2.05, 4.69) is 246 Å². The van der Waals surface area contributed by atoms with E-state index in [1.54, 1.807) is 0 Å². The smallest absolute Gasteiger partial charge is 0.0775 e. The number of hydrogen-bond acceptors (Lipinski definition) is 1. The fourth-order valence-corrected chi connectivity index (χ4v) is 10.0. The molecule has 6 rings (SSSR count). The van der Waals surface area contributed by atoms with Crippen molar-refractivity contribution in [3.8, 4) is 0 Å². The van der Waals surface area contributed by atoms with Gasteiger partial charge in [0.2, 0.25) is 0 Å². The zero-order chi connectivity index (χ0) is 39.2. The molecule has 0 aliphatic carbocycles. The topological polar surface area (TPSA) is 3.24 Å². The summed E-state index contributed by atoms with van der Waals surface area (Å²) in [7, 11) is -3.92. The second kappa shape index (κ2) is 16.8. The number of hydrogen-bond donors (Lipinski definition) is 0. The van der Waals surface area contributed by atoms with Crippen LogP contribution in [0.3, 0.4) is 0 Å². The SMILES string of the molecule is C[Si](C)(C)c1ccc(C=Cc2ccc(N(c3ccc(C=Cc4ccc([Si](C)(C)C)cc4)cc3)c3ccc(C=Cc4ccc([Si](C)(C)C)cc4)cc3)cc2)cc1. The Morgan fingerprint density at radius 3 is 0.582 bits per heavy atom. The molecule has 0 bridgehead atoms. The average molecular weight is 768 g/mol. The van der Waals surface area contributed by atoms with E-state index in [1.165, 1.54) is 48.9 Å². The molecule has 278 valence electrons.